The summed E-state index contributed by atoms with van der Waals surface area (Å²) in [5.74, 6) is -0.0656. The van der Waals surface area contributed by atoms with E-state index in [1.807, 2.05) is 0 Å². The molecule has 0 spiro atoms. The third-order valence-corrected chi connectivity index (χ3v) is 6.46. The Hall–Kier alpha value is -4.72. The lowest BCUT2D eigenvalue weighted by atomic mass is 10.1. The molecule has 0 aliphatic heterocycles. The van der Waals surface area contributed by atoms with Gasteiger partial charge in [0.25, 0.3) is 15.7 Å². The molecule has 0 saturated carbocycles. The van der Waals surface area contributed by atoms with Crippen LogP contribution in [0.1, 0.15) is 17.1 Å². The quantitative estimate of drug-likeness (QED) is 0.269. The zero-order valence-electron chi connectivity index (χ0n) is 19.2. The van der Waals surface area contributed by atoms with Crippen molar-refractivity contribution in [1.29, 1.82) is 0 Å². The lowest BCUT2D eigenvalue weighted by Gasteiger charge is -2.12. The van der Waals surface area contributed by atoms with Crippen molar-refractivity contribution in [1.82, 2.24) is 15.0 Å². The van der Waals surface area contributed by atoms with Gasteiger partial charge in [0.05, 0.1) is 26.2 Å². The van der Waals surface area contributed by atoms with Crippen molar-refractivity contribution in [3.63, 3.8) is 0 Å². The molecule has 0 amide bonds. The summed E-state index contributed by atoms with van der Waals surface area (Å²) in [6.45, 7) is 5.08. The summed E-state index contributed by atoms with van der Waals surface area (Å²) in [6, 6.07) is 11.0. The Labute approximate surface area is 204 Å². The summed E-state index contributed by atoms with van der Waals surface area (Å²) in [4.78, 5) is 34.1. The number of rotatable bonds is 7. The summed E-state index contributed by atoms with van der Waals surface area (Å²) < 4.78 is 27.9. The third-order valence-electron chi connectivity index (χ3n) is 5.11. The van der Waals surface area contributed by atoms with Crippen LogP contribution in [0.4, 0.5) is 28.7 Å². The minimum Gasteiger partial charge on any atom is -0.348 e. The van der Waals surface area contributed by atoms with Gasteiger partial charge in [0.15, 0.2) is 0 Å². The van der Waals surface area contributed by atoms with Gasteiger partial charge in [-0.2, -0.15) is 0 Å². The molecule has 14 heteroatoms. The summed E-state index contributed by atoms with van der Waals surface area (Å²) in [7, 11) is -4.01. The maximum atomic E-state index is 12.8. The number of non-ortho nitro benzene ring substituents is 1. The fourth-order valence-corrected chi connectivity index (χ4v) is 4.53. The molecule has 0 atom stereocenters. The van der Waals surface area contributed by atoms with E-state index >= 15 is 0 Å². The topological polar surface area (TPSA) is 183 Å². The van der Waals surface area contributed by atoms with E-state index in [-0.39, 0.29) is 27.4 Å². The number of anilines is 3. The molecule has 2 aromatic heterocycles. The Balaban J connectivity index is 1.72. The van der Waals surface area contributed by atoms with Crippen molar-refractivity contribution in [3.05, 3.63) is 85.8 Å². The minimum atomic E-state index is -4.01. The van der Waals surface area contributed by atoms with E-state index in [1.54, 1.807) is 32.9 Å². The van der Waals surface area contributed by atoms with E-state index in [9.17, 15) is 28.6 Å². The highest BCUT2D eigenvalue weighted by atomic mass is 32.2. The van der Waals surface area contributed by atoms with Gasteiger partial charge in [0.1, 0.15) is 11.2 Å². The Morgan fingerprint density at radius 3 is 1.97 bits per heavy atom. The molecule has 2 N–H and O–H groups in total. The van der Waals surface area contributed by atoms with Gasteiger partial charge < -0.3 is 5.32 Å². The van der Waals surface area contributed by atoms with Crippen LogP contribution in [0.2, 0.25) is 0 Å². The van der Waals surface area contributed by atoms with Gasteiger partial charge in [-0.1, -0.05) is 0 Å². The van der Waals surface area contributed by atoms with Crippen molar-refractivity contribution in [3.8, 4) is 0 Å². The summed E-state index contributed by atoms with van der Waals surface area (Å²) in [6.07, 6.45) is 0. The molecule has 0 fully saturated rings. The number of nitrogens with one attached hydrogen (secondary N) is 2. The average molecular weight is 510 g/mol. The SMILES string of the molecule is Cc1cc(C)nc(NS(=O)(=O)c2ccc(Nc3c([N+](=O)[O-])cc([N+](=O)[O-])c4ccc(C)nc34)cc2)n1. The van der Waals surface area contributed by atoms with Crippen LogP contribution in [0.25, 0.3) is 10.9 Å². The molecule has 0 bridgehead atoms. The average Bonchev–Trinajstić information content (AvgIpc) is 2.78. The largest absolute Gasteiger partial charge is 0.348 e. The molecule has 0 saturated heterocycles. The van der Waals surface area contributed by atoms with Crippen molar-refractivity contribution >= 4 is 49.6 Å². The molecule has 4 aromatic rings. The van der Waals surface area contributed by atoms with Gasteiger partial charge in [-0.3, -0.25) is 25.2 Å². The third kappa shape index (κ3) is 4.88. The van der Waals surface area contributed by atoms with E-state index in [2.05, 4.69) is 25.0 Å². The molecule has 0 aliphatic carbocycles. The normalized spacial score (nSPS) is 11.3. The fourth-order valence-electron chi connectivity index (χ4n) is 3.59. The van der Waals surface area contributed by atoms with Crippen LogP contribution in [0.15, 0.2) is 53.4 Å². The fraction of sp³-hybridized carbons (Fsp3) is 0.136. The van der Waals surface area contributed by atoms with Crippen molar-refractivity contribution in [2.75, 3.05) is 10.0 Å². The summed E-state index contributed by atoms with van der Waals surface area (Å²) in [5, 5.41) is 26.2. The maximum Gasteiger partial charge on any atom is 0.301 e. The number of pyridine rings is 1. The maximum absolute atomic E-state index is 12.8. The first-order valence-corrected chi connectivity index (χ1v) is 11.9. The molecule has 0 unspecified atom stereocenters. The number of fused-ring (bicyclic) bond motifs is 1. The van der Waals surface area contributed by atoms with Gasteiger partial charge in [-0.25, -0.2) is 23.1 Å². The van der Waals surface area contributed by atoms with Crippen LogP contribution >= 0.6 is 0 Å². The molecule has 4 rings (SSSR count). The Bertz CT molecular complexity index is 1620. The summed E-state index contributed by atoms with van der Waals surface area (Å²) in [5.41, 5.74) is 0.997. The van der Waals surface area contributed by atoms with Crippen LogP contribution in [0, 0.1) is 41.0 Å². The molecule has 36 heavy (non-hydrogen) atoms. The van der Waals surface area contributed by atoms with Crippen molar-refractivity contribution < 1.29 is 18.3 Å². The van der Waals surface area contributed by atoms with Gasteiger partial charge >= 0.3 is 5.69 Å². The highest BCUT2D eigenvalue weighted by molar-refractivity contribution is 7.92. The summed E-state index contributed by atoms with van der Waals surface area (Å²) >= 11 is 0. The van der Waals surface area contributed by atoms with Crippen LogP contribution in [0.3, 0.4) is 0 Å². The van der Waals surface area contributed by atoms with E-state index in [0.29, 0.717) is 22.8 Å². The highest BCUT2D eigenvalue weighted by Gasteiger charge is 2.27. The standard InChI is InChI=1S/C22H19N7O6S/c1-12-4-9-17-18(28(30)31)11-19(29(32)33)21(20(17)23-12)26-15-5-7-16(8-6-15)36(34,35)27-22-24-13(2)10-14(3)25-22/h4-11,26H,1-3H3,(H,24,25,27). The molecule has 184 valence electrons. The monoisotopic (exact) mass is 509 g/mol. The second-order valence-corrected chi connectivity index (χ2v) is 9.56. The highest BCUT2D eigenvalue weighted by Crippen LogP contribution is 2.40. The number of nitro benzene ring substituents is 2. The minimum absolute atomic E-state index is 0.0428. The van der Waals surface area contributed by atoms with Crippen molar-refractivity contribution in [2.45, 2.75) is 25.7 Å². The number of aryl methyl sites for hydroxylation is 3. The first kappa shape index (κ1) is 24.4. The van der Waals surface area contributed by atoms with E-state index in [1.165, 1.54) is 30.3 Å². The molecule has 13 nitrogen and oxygen atoms in total. The van der Waals surface area contributed by atoms with E-state index in [4.69, 9.17) is 0 Å². The number of sulfonamides is 1. The smallest absolute Gasteiger partial charge is 0.301 e. The predicted octanol–water partition coefficient (Wildman–Crippen LogP) is 4.31. The first-order valence-electron chi connectivity index (χ1n) is 10.4. The lowest BCUT2D eigenvalue weighted by molar-refractivity contribution is -0.392. The number of nitrogens with zero attached hydrogens (tertiary/aromatic N) is 5. The van der Waals surface area contributed by atoms with Gasteiger partial charge in [0, 0.05) is 22.8 Å². The predicted molar refractivity (Wildman–Crippen MR) is 132 cm³/mol. The van der Waals surface area contributed by atoms with Crippen LogP contribution in [-0.4, -0.2) is 33.2 Å². The van der Waals surface area contributed by atoms with Crippen molar-refractivity contribution in [2.24, 2.45) is 0 Å². The Morgan fingerprint density at radius 1 is 0.778 bits per heavy atom. The lowest BCUT2D eigenvalue weighted by Crippen LogP contribution is -2.15. The van der Waals surface area contributed by atoms with E-state index < -0.39 is 31.2 Å². The second kappa shape index (κ2) is 9.14. The van der Waals surface area contributed by atoms with Gasteiger partial charge in [-0.15, -0.1) is 0 Å². The van der Waals surface area contributed by atoms with Gasteiger partial charge in [0.2, 0.25) is 5.95 Å². The molecule has 0 aliphatic rings. The Kier molecular flexibility index (Phi) is 6.20. The van der Waals surface area contributed by atoms with Crippen LogP contribution < -0.4 is 10.0 Å². The number of hydrogen-bond acceptors (Lipinski definition) is 10. The number of hydrogen-bond donors (Lipinski definition) is 2. The zero-order valence-corrected chi connectivity index (χ0v) is 20.0. The number of nitro groups is 2. The Morgan fingerprint density at radius 2 is 1.39 bits per heavy atom. The second-order valence-electron chi connectivity index (χ2n) is 7.88. The molecular weight excluding hydrogens is 490 g/mol. The number of benzene rings is 2. The van der Waals surface area contributed by atoms with Gasteiger partial charge in [-0.05, 0) is 63.2 Å². The molecule has 0 radical (unpaired) electrons. The molecular formula is C22H19N7O6S. The number of aromatic nitrogens is 3. The van der Waals surface area contributed by atoms with E-state index in [0.717, 1.165) is 6.07 Å². The molecule has 2 heterocycles. The van der Waals surface area contributed by atoms with Crippen LogP contribution in [0.5, 0.6) is 0 Å². The first-order chi connectivity index (χ1) is 16.9. The van der Waals surface area contributed by atoms with Crippen LogP contribution in [-0.2, 0) is 10.0 Å². The molecule has 2 aromatic carbocycles. The zero-order chi connectivity index (χ0) is 26.2.